The Bertz CT molecular complexity index is 422. The number of rotatable bonds is 2. The van der Waals surface area contributed by atoms with Crippen molar-refractivity contribution in [1.82, 2.24) is 0 Å². The summed E-state index contributed by atoms with van der Waals surface area (Å²) in [5.41, 5.74) is 6.76. The molecule has 0 saturated carbocycles. The molecule has 94 valence electrons. The van der Waals surface area contributed by atoms with E-state index in [1.807, 2.05) is 0 Å². The lowest BCUT2D eigenvalue weighted by Gasteiger charge is -2.25. The van der Waals surface area contributed by atoms with Crippen LogP contribution in [0.5, 0.6) is 0 Å². The quantitative estimate of drug-likeness (QED) is 0.658. The van der Waals surface area contributed by atoms with E-state index in [0.29, 0.717) is 17.3 Å². The van der Waals surface area contributed by atoms with Gasteiger partial charge in [-0.25, -0.2) is 0 Å². The first kappa shape index (κ1) is 12.7. The zero-order chi connectivity index (χ0) is 12.8. The van der Waals surface area contributed by atoms with Gasteiger partial charge < -0.3 is 0 Å². The second-order valence-corrected chi connectivity index (χ2v) is 6.84. The number of hydrogen-bond donors (Lipinski definition) is 0. The largest absolute Gasteiger partial charge is 0.0587 e. The maximum absolute atomic E-state index is 2.46. The molecule has 0 spiro atoms. The van der Waals surface area contributed by atoms with Crippen LogP contribution in [0.25, 0.3) is 0 Å². The second-order valence-electron chi connectivity index (χ2n) is 6.84. The third kappa shape index (κ3) is 2.14. The summed E-state index contributed by atoms with van der Waals surface area (Å²) in [6.07, 6.45) is 2.58. The topological polar surface area (TPSA) is 0 Å². The van der Waals surface area contributed by atoms with Crippen molar-refractivity contribution in [3.8, 4) is 0 Å². The zero-order valence-corrected chi connectivity index (χ0v) is 12.2. The minimum absolute atomic E-state index is 0.379. The van der Waals surface area contributed by atoms with E-state index >= 15 is 0 Å². The van der Waals surface area contributed by atoms with Gasteiger partial charge in [-0.1, -0.05) is 53.7 Å². The minimum Gasteiger partial charge on any atom is -0.0587 e. The summed E-state index contributed by atoms with van der Waals surface area (Å²) in [5, 5.41) is 0. The Morgan fingerprint density at radius 1 is 1.00 bits per heavy atom. The fourth-order valence-electron chi connectivity index (χ4n) is 3.14. The highest BCUT2D eigenvalue weighted by Gasteiger charge is 2.33. The molecule has 0 aliphatic heterocycles. The van der Waals surface area contributed by atoms with Crippen molar-refractivity contribution in [2.75, 3.05) is 0 Å². The van der Waals surface area contributed by atoms with Crippen LogP contribution in [-0.4, -0.2) is 0 Å². The summed E-state index contributed by atoms with van der Waals surface area (Å²) >= 11 is 0. The molecule has 0 amide bonds. The first-order valence-electron chi connectivity index (χ1n) is 7.00. The van der Waals surface area contributed by atoms with Crippen LogP contribution in [0.2, 0.25) is 0 Å². The van der Waals surface area contributed by atoms with E-state index in [4.69, 9.17) is 0 Å². The van der Waals surface area contributed by atoms with E-state index in [1.54, 1.807) is 16.7 Å². The van der Waals surface area contributed by atoms with E-state index in [-0.39, 0.29) is 0 Å². The van der Waals surface area contributed by atoms with Crippen LogP contribution in [0, 0.1) is 0 Å². The standard InChI is InChI=1S/C17H26/c1-11(2)14-9-13-7-8-17(5,6)16(13)15(10-14)12(3)4/h9-12H,7-8H2,1-6H3. The maximum Gasteiger partial charge on any atom is -0.00948 e. The Hall–Kier alpha value is -0.780. The molecule has 0 bridgehead atoms. The number of hydrogen-bond acceptors (Lipinski definition) is 0. The smallest absolute Gasteiger partial charge is 0.00948 e. The number of aryl methyl sites for hydroxylation is 1. The predicted octanol–water partition coefficient (Wildman–Crippen LogP) is 5.16. The Labute approximate surface area is 106 Å². The van der Waals surface area contributed by atoms with Crippen LogP contribution in [0.1, 0.15) is 82.1 Å². The van der Waals surface area contributed by atoms with E-state index < -0.39 is 0 Å². The minimum atomic E-state index is 0.379. The molecule has 17 heavy (non-hydrogen) atoms. The van der Waals surface area contributed by atoms with Gasteiger partial charge in [0.15, 0.2) is 0 Å². The number of benzene rings is 1. The Morgan fingerprint density at radius 3 is 2.18 bits per heavy atom. The van der Waals surface area contributed by atoms with Crippen LogP contribution < -0.4 is 0 Å². The summed E-state index contributed by atoms with van der Waals surface area (Å²) in [7, 11) is 0. The number of fused-ring (bicyclic) bond motifs is 1. The molecule has 0 N–H and O–H groups in total. The molecular weight excluding hydrogens is 204 g/mol. The summed E-state index contributed by atoms with van der Waals surface area (Å²) in [4.78, 5) is 0. The Kier molecular flexibility index (Phi) is 3.10. The van der Waals surface area contributed by atoms with Gasteiger partial charge in [-0.2, -0.15) is 0 Å². The van der Waals surface area contributed by atoms with Crippen molar-refractivity contribution in [3.05, 3.63) is 34.4 Å². The maximum atomic E-state index is 2.46. The van der Waals surface area contributed by atoms with E-state index in [9.17, 15) is 0 Å². The molecule has 0 saturated heterocycles. The molecule has 0 fully saturated rings. The third-order valence-corrected chi connectivity index (χ3v) is 4.26. The molecule has 0 atom stereocenters. The van der Waals surface area contributed by atoms with Gasteiger partial charge in [-0.05, 0) is 52.3 Å². The van der Waals surface area contributed by atoms with Crippen molar-refractivity contribution >= 4 is 0 Å². The molecule has 0 heteroatoms. The van der Waals surface area contributed by atoms with Gasteiger partial charge in [-0.15, -0.1) is 0 Å². The first-order chi connectivity index (χ1) is 7.83. The summed E-state index contributed by atoms with van der Waals surface area (Å²) in [5.74, 6) is 1.28. The van der Waals surface area contributed by atoms with Gasteiger partial charge in [0.05, 0.1) is 0 Å². The van der Waals surface area contributed by atoms with Gasteiger partial charge in [0.2, 0.25) is 0 Å². The summed E-state index contributed by atoms with van der Waals surface area (Å²) in [6.45, 7) is 14.1. The molecule has 0 aromatic heterocycles. The lowest BCUT2D eigenvalue weighted by molar-refractivity contribution is 0.515. The van der Waals surface area contributed by atoms with E-state index in [2.05, 4.69) is 53.7 Å². The van der Waals surface area contributed by atoms with Crippen molar-refractivity contribution in [2.24, 2.45) is 0 Å². The van der Waals surface area contributed by atoms with E-state index in [0.717, 1.165) is 0 Å². The van der Waals surface area contributed by atoms with Crippen LogP contribution in [0.15, 0.2) is 12.1 Å². The van der Waals surface area contributed by atoms with Crippen molar-refractivity contribution < 1.29 is 0 Å². The van der Waals surface area contributed by atoms with Gasteiger partial charge in [-0.3, -0.25) is 0 Å². The molecule has 0 unspecified atom stereocenters. The zero-order valence-electron chi connectivity index (χ0n) is 12.2. The summed E-state index contributed by atoms with van der Waals surface area (Å²) < 4.78 is 0. The van der Waals surface area contributed by atoms with Gasteiger partial charge in [0.25, 0.3) is 0 Å². The van der Waals surface area contributed by atoms with Crippen molar-refractivity contribution in [3.63, 3.8) is 0 Å². The molecule has 0 nitrogen and oxygen atoms in total. The van der Waals surface area contributed by atoms with Gasteiger partial charge >= 0.3 is 0 Å². The summed E-state index contributed by atoms with van der Waals surface area (Å²) in [6, 6.07) is 4.92. The highest BCUT2D eigenvalue weighted by Crippen LogP contribution is 2.43. The normalized spacial score (nSPS) is 17.9. The molecule has 1 aliphatic carbocycles. The monoisotopic (exact) mass is 230 g/mol. The predicted molar refractivity (Wildman–Crippen MR) is 76.0 cm³/mol. The molecule has 2 rings (SSSR count). The Morgan fingerprint density at radius 2 is 1.65 bits per heavy atom. The highest BCUT2D eigenvalue weighted by molar-refractivity contribution is 5.48. The molecule has 1 aromatic rings. The van der Waals surface area contributed by atoms with Crippen molar-refractivity contribution in [1.29, 1.82) is 0 Å². The molecule has 1 aromatic carbocycles. The van der Waals surface area contributed by atoms with Crippen LogP contribution >= 0.6 is 0 Å². The molecular formula is C17H26. The van der Waals surface area contributed by atoms with Gasteiger partial charge in [0, 0.05) is 0 Å². The Balaban J connectivity index is 2.63. The van der Waals surface area contributed by atoms with E-state index in [1.165, 1.54) is 18.4 Å². The average Bonchev–Trinajstić information content (AvgIpc) is 2.53. The molecule has 1 aliphatic rings. The van der Waals surface area contributed by atoms with Crippen LogP contribution in [0.4, 0.5) is 0 Å². The molecule has 0 radical (unpaired) electrons. The highest BCUT2D eigenvalue weighted by atomic mass is 14.4. The fourth-order valence-corrected chi connectivity index (χ4v) is 3.14. The van der Waals surface area contributed by atoms with Gasteiger partial charge in [0.1, 0.15) is 0 Å². The van der Waals surface area contributed by atoms with Crippen LogP contribution in [0.3, 0.4) is 0 Å². The average molecular weight is 230 g/mol. The second kappa shape index (κ2) is 4.15. The lowest BCUT2D eigenvalue weighted by Crippen LogP contribution is -2.15. The van der Waals surface area contributed by atoms with Crippen LogP contribution in [-0.2, 0) is 11.8 Å². The molecule has 0 heterocycles. The fraction of sp³-hybridized carbons (Fsp3) is 0.647. The third-order valence-electron chi connectivity index (χ3n) is 4.26. The van der Waals surface area contributed by atoms with Crippen molar-refractivity contribution in [2.45, 2.75) is 71.6 Å². The lowest BCUT2D eigenvalue weighted by atomic mass is 9.79. The first-order valence-corrected chi connectivity index (χ1v) is 7.00. The SMILES string of the molecule is CC(C)c1cc2c(c(C(C)C)c1)C(C)(C)CC2.